The molecular weight excluding hydrogens is 663 g/mol. The lowest BCUT2D eigenvalue weighted by Gasteiger charge is -2.29. The third-order valence-electron chi connectivity index (χ3n) is 11.4. The Morgan fingerprint density at radius 2 is 1.09 bits per heavy atom. The topological polar surface area (TPSA) is 16.4 Å². The molecule has 0 unspecified atom stereocenters. The van der Waals surface area contributed by atoms with Crippen LogP contribution in [0.15, 0.2) is 186 Å². The zero-order valence-electron chi connectivity index (χ0n) is 29.1. The van der Waals surface area contributed by atoms with E-state index >= 15 is 0 Å². The first-order valence-electron chi connectivity index (χ1n) is 18.2. The molecule has 53 heavy (non-hydrogen) atoms. The van der Waals surface area contributed by atoms with Gasteiger partial charge in [0.1, 0.15) is 11.2 Å². The number of hydrogen-bond acceptors (Lipinski definition) is 3. The number of thiophene rings is 1. The molecule has 0 spiro atoms. The van der Waals surface area contributed by atoms with Crippen molar-refractivity contribution in [1.29, 1.82) is 0 Å². The van der Waals surface area contributed by atoms with Crippen LogP contribution in [-0.2, 0) is 5.41 Å². The quantitative estimate of drug-likeness (QED) is 0.178. The van der Waals surface area contributed by atoms with E-state index in [0.29, 0.717) is 0 Å². The summed E-state index contributed by atoms with van der Waals surface area (Å²) in [6.45, 7) is 2.38. The number of nitrogens with zero attached hydrogens (tertiary/aromatic N) is 1. The molecule has 8 aromatic carbocycles. The maximum absolute atomic E-state index is 6.70. The Hall–Kier alpha value is -6.42. The molecule has 3 heteroatoms. The molecule has 0 saturated carbocycles. The van der Waals surface area contributed by atoms with Crippen LogP contribution in [0, 0.1) is 0 Å². The van der Waals surface area contributed by atoms with Gasteiger partial charge in [-0.2, -0.15) is 0 Å². The third-order valence-corrected chi connectivity index (χ3v) is 12.5. The van der Waals surface area contributed by atoms with Crippen LogP contribution in [0.5, 0.6) is 0 Å². The van der Waals surface area contributed by atoms with Gasteiger partial charge in [0.15, 0.2) is 0 Å². The Morgan fingerprint density at radius 1 is 0.472 bits per heavy atom. The first kappa shape index (κ1) is 30.2. The zero-order chi connectivity index (χ0) is 35.1. The summed E-state index contributed by atoms with van der Waals surface area (Å²) in [4.78, 5) is 2.45. The molecule has 1 aliphatic rings. The van der Waals surface area contributed by atoms with Crippen LogP contribution in [0.3, 0.4) is 0 Å². The standard InChI is InChI=1S/C50H33NOS/c1-50(40-18-8-5-15-36(40)37-16-6-9-19-41(37)50)34-27-30-44-39(31-34)48-42(20-11-22-45(48)52-44)51(35-28-25-33(26-29-35)32-13-3-2-4-14-32)43-21-12-24-47-49(43)38-17-7-10-23-46(38)53-47/h2-31H,1H3. The van der Waals surface area contributed by atoms with Gasteiger partial charge in [0.05, 0.1) is 16.8 Å². The molecule has 250 valence electrons. The Morgan fingerprint density at radius 3 is 1.87 bits per heavy atom. The van der Waals surface area contributed by atoms with Crippen molar-refractivity contribution in [3.05, 3.63) is 199 Å². The Bertz CT molecular complexity index is 2980. The molecule has 0 radical (unpaired) electrons. The summed E-state index contributed by atoms with van der Waals surface area (Å²) < 4.78 is 9.26. The molecule has 2 nitrogen and oxygen atoms in total. The molecular formula is C50H33NOS. The monoisotopic (exact) mass is 695 g/mol. The molecule has 0 bridgehead atoms. The molecule has 2 heterocycles. The van der Waals surface area contributed by atoms with Gasteiger partial charge in [-0.05, 0) is 100 Å². The maximum Gasteiger partial charge on any atom is 0.137 e. The molecule has 2 aromatic heterocycles. The number of hydrogen-bond donors (Lipinski definition) is 0. The number of fused-ring (bicyclic) bond motifs is 9. The van der Waals surface area contributed by atoms with Crippen LogP contribution in [0.1, 0.15) is 23.6 Å². The second-order valence-electron chi connectivity index (χ2n) is 14.2. The average molecular weight is 696 g/mol. The van der Waals surface area contributed by atoms with Crippen LogP contribution in [0.4, 0.5) is 17.1 Å². The van der Waals surface area contributed by atoms with Crippen LogP contribution >= 0.6 is 11.3 Å². The van der Waals surface area contributed by atoms with Crippen LogP contribution in [0.25, 0.3) is 64.4 Å². The summed E-state index contributed by atoms with van der Waals surface area (Å²) in [5.74, 6) is 0. The lowest BCUT2D eigenvalue weighted by molar-refractivity contribution is 0.667. The van der Waals surface area contributed by atoms with Gasteiger partial charge in [-0.15, -0.1) is 11.3 Å². The number of benzene rings is 8. The fraction of sp³-hybridized carbons (Fsp3) is 0.0400. The molecule has 0 N–H and O–H groups in total. The number of rotatable bonds is 5. The molecule has 0 aliphatic heterocycles. The van der Waals surface area contributed by atoms with Crippen molar-refractivity contribution >= 4 is 70.5 Å². The highest BCUT2D eigenvalue weighted by atomic mass is 32.1. The normalized spacial score (nSPS) is 13.2. The number of anilines is 3. The molecule has 10 aromatic rings. The predicted octanol–water partition coefficient (Wildman–Crippen LogP) is 14.4. The molecule has 0 saturated heterocycles. The summed E-state index contributed by atoms with van der Waals surface area (Å²) in [7, 11) is 0. The van der Waals surface area contributed by atoms with Gasteiger partial charge in [0, 0.05) is 36.7 Å². The second-order valence-corrected chi connectivity index (χ2v) is 15.3. The Kier molecular flexibility index (Phi) is 6.58. The minimum absolute atomic E-state index is 0.311. The zero-order valence-corrected chi connectivity index (χ0v) is 29.9. The van der Waals surface area contributed by atoms with Gasteiger partial charge < -0.3 is 9.32 Å². The van der Waals surface area contributed by atoms with Crippen LogP contribution in [-0.4, -0.2) is 0 Å². The van der Waals surface area contributed by atoms with E-state index in [1.165, 1.54) is 59.1 Å². The van der Waals surface area contributed by atoms with E-state index in [1.807, 2.05) is 11.3 Å². The Labute approximate surface area is 311 Å². The van der Waals surface area contributed by atoms with E-state index in [2.05, 4.69) is 194 Å². The van der Waals surface area contributed by atoms with E-state index in [9.17, 15) is 0 Å². The lowest BCUT2D eigenvalue weighted by atomic mass is 9.74. The first-order chi connectivity index (χ1) is 26.2. The van der Waals surface area contributed by atoms with E-state index in [0.717, 1.165) is 39.0 Å². The number of furan rings is 1. The van der Waals surface area contributed by atoms with Crippen molar-refractivity contribution in [3.63, 3.8) is 0 Å². The third kappa shape index (κ3) is 4.44. The van der Waals surface area contributed by atoms with Gasteiger partial charge in [0.25, 0.3) is 0 Å². The largest absolute Gasteiger partial charge is 0.456 e. The van der Waals surface area contributed by atoms with Gasteiger partial charge in [-0.3, -0.25) is 0 Å². The van der Waals surface area contributed by atoms with E-state index in [-0.39, 0.29) is 5.41 Å². The van der Waals surface area contributed by atoms with Crippen LogP contribution < -0.4 is 4.90 Å². The van der Waals surface area contributed by atoms with Crippen molar-refractivity contribution in [2.45, 2.75) is 12.3 Å². The minimum Gasteiger partial charge on any atom is -0.456 e. The fourth-order valence-electron chi connectivity index (χ4n) is 8.85. The summed E-state index contributed by atoms with van der Waals surface area (Å²) >= 11 is 1.85. The smallest absolute Gasteiger partial charge is 0.137 e. The van der Waals surface area contributed by atoms with Crippen molar-refractivity contribution in [3.8, 4) is 22.3 Å². The fourth-order valence-corrected chi connectivity index (χ4v) is 9.98. The van der Waals surface area contributed by atoms with E-state index in [1.54, 1.807) is 0 Å². The van der Waals surface area contributed by atoms with Crippen molar-refractivity contribution in [2.75, 3.05) is 4.90 Å². The summed E-state index contributed by atoms with van der Waals surface area (Å²) in [5.41, 5.74) is 13.7. The highest BCUT2D eigenvalue weighted by Crippen LogP contribution is 2.54. The maximum atomic E-state index is 6.70. The van der Waals surface area contributed by atoms with Crippen molar-refractivity contribution in [1.82, 2.24) is 0 Å². The molecule has 0 atom stereocenters. The van der Waals surface area contributed by atoms with Gasteiger partial charge in [-0.1, -0.05) is 127 Å². The minimum atomic E-state index is -0.311. The predicted molar refractivity (Wildman–Crippen MR) is 224 cm³/mol. The highest BCUT2D eigenvalue weighted by molar-refractivity contribution is 7.26. The summed E-state index contributed by atoms with van der Waals surface area (Å²) in [6, 6.07) is 66.2. The molecule has 1 aliphatic carbocycles. The SMILES string of the molecule is CC1(c2ccc3oc4cccc(N(c5ccc(-c6ccccc6)cc5)c5cccc6sc7ccccc7c56)c4c3c2)c2ccccc2-c2ccccc21. The summed E-state index contributed by atoms with van der Waals surface area (Å²) in [5, 5.41) is 4.75. The van der Waals surface area contributed by atoms with Gasteiger partial charge in [-0.25, -0.2) is 0 Å². The van der Waals surface area contributed by atoms with Crippen LogP contribution in [0.2, 0.25) is 0 Å². The Balaban J connectivity index is 1.18. The lowest BCUT2D eigenvalue weighted by Crippen LogP contribution is -2.22. The first-order valence-corrected chi connectivity index (χ1v) is 19.0. The van der Waals surface area contributed by atoms with Gasteiger partial charge >= 0.3 is 0 Å². The van der Waals surface area contributed by atoms with Gasteiger partial charge in [0.2, 0.25) is 0 Å². The molecule has 11 rings (SSSR count). The van der Waals surface area contributed by atoms with Crippen molar-refractivity contribution < 1.29 is 4.42 Å². The van der Waals surface area contributed by atoms with E-state index in [4.69, 9.17) is 4.42 Å². The van der Waals surface area contributed by atoms with Crippen molar-refractivity contribution in [2.24, 2.45) is 0 Å². The molecule has 0 amide bonds. The average Bonchev–Trinajstić information content (AvgIpc) is 3.88. The second kappa shape index (κ2) is 11.5. The molecule has 0 fully saturated rings. The van der Waals surface area contributed by atoms with E-state index < -0.39 is 0 Å². The summed E-state index contributed by atoms with van der Waals surface area (Å²) in [6.07, 6.45) is 0. The highest BCUT2D eigenvalue weighted by Gasteiger charge is 2.40.